The maximum Gasteiger partial charge on any atom is 0.352 e. The van der Waals surface area contributed by atoms with Gasteiger partial charge in [-0.25, -0.2) is 4.79 Å². The zero-order valence-electron chi connectivity index (χ0n) is 7.86. The number of nitrogens with one attached hydrogen (secondary N) is 1. The summed E-state index contributed by atoms with van der Waals surface area (Å²) in [5, 5.41) is 8.78. The van der Waals surface area contributed by atoms with Gasteiger partial charge in [-0.1, -0.05) is 0 Å². The summed E-state index contributed by atoms with van der Waals surface area (Å²) in [6.45, 7) is 0. The molecule has 2 N–H and O–H groups in total. The first kappa shape index (κ1) is 10.5. The van der Waals surface area contributed by atoms with Crippen LogP contribution in [-0.4, -0.2) is 21.8 Å². The largest absolute Gasteiger partial charge is 0.477 e. The first-order chi connectivity index (χ1) is 7.58. The highest BCUT2D eigenvalue weighted by atomic mass is 35.5. The quantitative estimate of drug-likeness (QED) is 0.804. The molecule has 0 aromatic carbocycles. The van der Waals surface area contributed by atoms with Crippen LogP contribution in [0, 0.1) is 0 Å². The number of carbonyl (C=O) groups is 2. The Labute approximate surface area is 94.6 Å². The van der Waals surface area contributed by atoms with E-state index in [2.05, 4.69) is 4.98 Å². The molecule has 0 aliphatic carbocycles. The number of aromatic carboxylic acids is 1. The Morgan fingerprint density at radius 1 is 1.38 bits per heavy atom. The van der Waals surface area contributed by atoms with E-state index in [9.17, 15) is 9.59 Å². The minimum atomic E-state index is -1.13. The SMILES string of the molecule is O=C(O)c1cc(C(=O)c2ccc(Cl)o2)c[nH]1. The van der Waals surface area contributed by atoms with Crippen molar-refractivity contribution in [3.63, 3.8) is 0 Å². The molecule has 6 heteroatoms. The molecular weight excluding hydrogens is 234 g/mol. The highest BCUT2D eigenvalue weighted by molar-refractivity contribution is 6.29. The fourth-order valence-electron chi connectivity index (χ4n) is 1.23. The van der Waals surface area contributed by atoms with Crippen molar-refractivity contribution in [2.24, 2.45) is 0 Å². The molecule has 82 valence electrons. The van der Waals surface area contributed by atoms with Gasteiger partial charge in [0.2, 0.25) is 5.78 Å². The number of hydrogen-bond acceptors (Lipinski definition) is 3. The zero-order chi connectivity index (χ0) is 11.7. The van der Waals surface area contributed by atoms with Crippen molar-refractivity contribution < 1.29 is 19.1 Å². The lowest BCUT2D eigenvalue weighted by Crippen LogP contribution is -1.98. The van der Waals surface area contributed by atoms with Crippen molar-refractivity contribution in [2.45, 2.75) is 0 Å². The highest BCUT2D eigenvalue weighted by Gasteiger charge is 2.16. The summed E-state index contributed by atoms with van der Waals surface area (Å²) in [4.78, 5) is 24.8. The maximum atomic E-state index is 11.7. The molecule has 0 atom stereocenters. The topological polar surface area (TPSA) is 83.3 Å². The van der Waals surface area contributed by atoms with Crippen molar-refractivity contribution in [1.82, 2.24) is 4.98 Å². The number of rotatable bonds is 3. The fourth-order valence-corrected chi connectivity index (χ4v) is 1.37. The van der Waals surface area contributed by atoms with Gasteiger partial charge in [-0.2, -0.15) is 0 Å². The standard InChI is InChI=1S/C10H6ClNO4/c11-8-2-1-7(16-8)9(13)5-3-6(10(14)15)12-4-5/h1-4,12H,(H,14,15). The molecule has 0 fully saturated rings. The third kappa shape index (κ3) is 1.85. The molecule has 5 nitrogen and oxygen atoms in total. The highest BCUT2D eigenvalue weighted by Crippen LogP contribution is 2.17. The number of H-pyrrole nitrogens is 1. The van der Waals surface area contributed by atoms with Crippen LogP contribution in [0.2, 0.25) is 5.22 Å². The Morgan fingerprint density at radius 2 is 2.12 bits per heavy atom. The molecule has 0 spiro atoms. The molecule has 0 bridgehead atoms. The number of carboxylic acid groups (broad SMARTS) is 1. The van der Waals surface area contributed by atoms with Crippen LogP contribution in [0.1, 0.15) is 26.6 Å². The Hall–Kier alpha value is -2.01. The molecule has 0 amide bonds. The van der Waals surface area contributed by atoms with Crippen LogP contribution in [0.25, 0.3) is 0 Å². The van der Waals surface area contributed by atoms with Crippen molar-refractivity contribution in [3.8, 4) is 0 Å². The number of carboxylic acids is 1. The minimum absolute atomic E-state index is 0.0546. The number of furan rings is 1. The zero-order valence-corrected chi connectivity index (χ0v) is 8.62. The van der Waals surface area contributed by atoms with Crippen LogP contribution in [0.5, 0.6) is 0 Å². The molecule has 0 radical (unpaired) electrons. The number of hydrogen-bond donors (Lipinski definition) is 2. The first-order valence-electron chi connectivity index (χ1n) is 4.29. The van der Waals surface area contributed by atoms with Crippen LogP contribution in [-0.2, 0) is 0 Å². The monoisotopic (exact) mass is 239 g/mol. The van der Waals surface area contributed by atoms with Crippen molar-refractivity contribution >= 4 is 23.4 Å². The van der Waals surface area contributed by atoms with Gasteiger partial charge in [0.15, 0.2) is 11.0 Å². The second kappa shape index (κ2) is 3.86. The maximum absolute atomic E-state index is 11.7. The summed E-state index contributed by atoms with van der Waals surface area (Å²) in [6, 6.07) is 4.11. The molecule has 0 aliphatic rings. The summed E-state index contributed by atoms with van der Waals surface area (Å²) < 4.78 is 4.92. The van der Waals surface area contributed by atoms with E-state index >= 15 is 0 Å². The van der Waals surface area contributed by atoms with Crippen LogP contribution >= 0.6 is 11.6 Å². The van der Waals surface area contributed by atoms with Gasteiger partial charge in [-0.05, 0) is 29.8 Å². The van der Waals surface area contributed by atoms with Crippen molar-refractivity contribution in [3.05, 3.63) is 46.6 Å². The Balaban J connectivity index is 2.30. The number of ketones is 1. The van der Waals surface area contributed by atoms with Crippen LogP contribution in [0.3, 0.4) is 0 Å². The van der Waals surface area contributed by atoms with Crippen LogP contribution in [0.15, 0.2) is 28.8 Å². The number of aromatic nitrogens is 1. The fraction of sp³-hybridized carbons (Fsp3) is 0. The smallest absolute Gasteiger partial charge is 0.352 e. The second-order valence-electron chi connectivity index (χ2n) is 3.04. The normalized spacial score (nSPS) is 10.3. The second-order valence-corrected chi connectivity index (χ2v) is 3.41. The van der Waals surface area contributed by atoms with Gasteiger partial charge in [0.25, 0.3) is 0 Å². The molecule has 2 heterocycles. The van der Waals surface area contributed by atoms with Gasteiger partial charge < -0.3 is 14.5 Å². The van der Waals surface area contributed by atoms with Crippen LogP contribution < -0.4 is 0 Å². The lowest BCUT2D eigenvalue weighted by molar-refractivity contribution is 0.0691. The van der Waals surface area contributed by atoms with Crippen molar-refractivity contribution in [1.29, 1.82) is 0 Å². The summed E-state index contributed by atoms with van der Waals surface area (Å²) in [7, 11) is 0. The van der Waals surface area contributed by atoms with E-state index in [1.165, 1.54) is 24.4 Å². The lowest BCUT2D eigenvalue weighted by Gasteiger charge is -1.90. The summed E-state index contributed by atoms with van der Waals surface area (Å²) in [5.41, 5.74) is 0.157. The Kier molecular flexibility index (Phi) is 2.54. The first-order valence-corrected chi connectivity index (χ1v) is 4.67. The van der Waals surface area contributed by atoms with Crippen molar-refractivity contribution in [2.75, 3.05) is 0 Å². The van der Waals surface area contributed by atoms with E-state index in [0.717, 1.165) is 0 Å². The number of carbonyl (C=O) groups excluding carboxylic acids is 1. The van der Waals surface area contributed by atoms with E-state index in [4.69, 9.17) is 21.1 Å². The number of halogens is 1. The summed E-state index contributed by atoms with van der Waals surface area (Å²) in [5.74, 6) is -1.48. The van der Waals surface area contributed by atoms with Gasteiger partial charge in [0, 0.05) is 11.8 Å². The predicted octanol–water partition coefficient (Wildman–Crippen LogP) is 2.19. The number of aromatic amines is 1. The Bertz CT molecular complexity index is 555. The van der Waals surface area contributed by atoms with E-state index < -0.39 is 11.8 Å². The van der Waals surface area contributed by atoms with E-state index in [1.54, 1.807) is 0 Å². The molecule has 16 heavy (non-hydrogen) atoms. The van der Waals surface area contributed by atoms with Crippen LogP contribution in [0.4, 0.5) is 0 Å². The summed E-state index contributed by atoms with van der Waals surface area (Å²) in [6.07, 6.45) is 1.31. The molecule has 0 aliphatic heterocycles. The van der Waals surface area contributed by atoms with E-state index in [1.807, 2.05) is 0 Å². The molecule has 0 unspecified atom stereocenters. The van der Waals surface area contributed by atoms with E-state index in [-0.39, 0.29) is 22.2 Å². The molecule has 0 saturated carbocycles. The van der Waals surface area contributed by atoms with Gasteiger partial charge in [0.1, 0.15) is 5.69 Å². The molecule has 2 rings (SSSR count). The molecular formula is C10H6ClNO4. The molecule has 2 aromatic rings. The minimum Gasteiger partial charge on any atom is -0.477 e. The Morgan fingerprint density at radius 3 is 2.62 bits per heavy atom. The average molecular weight is 240 g/mol. The lowest BCUT2D eigenvalue weighted by atomic mass is 10.2. The molecule has 0 saturated heterocycles. The molecule has 2 aromatic heterocycles. The van der Waals surface area contributed by atoms with Gasteiger partial charge in [-0.15, -0.1) is 0 Å². The average Bonchev–Trinajstić information content (AvgIpc) is 2.84. The van der Waals surface area contributed by atoms with Gasteiger partial charge >= 0.3 is 5.97 Å². The van der Waals surface area contributed by atoms with Gasteiger partial charge in [0.05, 0.1) is 0 Å². The summed E-state index contributed by atoms with van der Waals surface area (Å²) >= 11 is 5.53. The third-order valence-electron chi connectivity index (χ3n) is 1.97. The van der Waals surface area contributed by atoms with Gasteiger partial charge in [-0.3, -0.25) is 4.79 Å². The predicted molar refractivity (Wildman–Crippen MR) is 54.9 cm³/mol. The third-order valence-corrected chi connectivity index (χ3v) is 2.18. The van der Waals surface area contributed by atoms with E-state index in [0.29, 0.717) is 0 Å².